The molecule has 9 heteroatoms. The van der Waals surface area contributed by atoms with Crippen LogP contribution >= 0.6 is 22.6 Å². The molecule has 0 radical (unpaired) electrons. The quantitative estimate of drug-likeness (QED) is 0.101. The van der Waals surface area contributed by atoms with Crippen LogP contribution < -0.4 is 14.8 Å². The number of nitriles is 1. The fourth-order valence-corrected chi connectivity index (χ4v) is 4.14. The van der Waals surface area contributed by atoms with Crippen molar-refractivity contribution in [3.05, 3.63) is 103 Å². The zero-order valence-electron chi connectivity index (χ0n) is 19.7. The summed E-state index contributed by atoms with van der Waals surface area (Å²) in [5, 5.41) is 23.3. The molecule has 0 saturated heterocycles. The van der Waals surface area contributed by atoms with Gasteiger partial charge in [-0.3, -0.25) is 14.9 Å². The van der Waals surface area contributed by atoms with Crippen molar-refractivity contribution in [3.8, 4) is 17.6 Å². The van der Waals surface area contributed by atoms with Gasteiger partial charge in [-0.05, 0) is 83.5 Å². The molecule has 0 spiro atoms. The number of amides is 1. The Labute approximate surface area is 222 Å². The number of carbonyl (C=O) groups excluding carboxylic acids is 1. The minimum absolute atomic E-state index is 0.00923. The largest absolute Gasteiger partial charge is 0.490 e. The van der Waals surface area contributed by atoms with E-state index in [1.54, 1.807) is 24.3 Å². The minimum Gasteiger partial charge on any atom is -0.490 e. The van der Waals surface area contributed by atoms with Gasteiger partial charge in [0.05, 0.1) is 21.1 Å². The first-order valence-corrected chi connectivity index (χ1v) is 12.2. The maximum Gasteiger partial charge on any atom is 0.269 e. The van der Waals surface area contributed by atoms with Crippen molar-refractivity contribution in [2.75, 3.05) is 6.61 Å². The molecule has 1 amide bonds. The normalized spacial score (nSPS) is 11.8. The van der Waals surface area contributed by atoms with Gasteiger partial charge in [0.2, 0.25) is 0 Å². The van der Waals surface area contributed by atoms with Gasteiger partial charge in [-0.2, -0.15) is 5.26 Å². The Morgan fingerprint density at radius 2 is 1.86 bits per heavy atom. The van der Waals surface area contributed by atoms with E-state index in [-0.39, 0.29) is 23.9 Å². The summed E-state index contributed by atoms with van der Waals surface area (Å²) in [5.74, 6) is 0.502. The lowest BCUT2D eigenvalue weighted by atomic mass is 10.1. The number of rotatable bonds is 10. The molecule has 3 rings (SSSR count). The van der Waals surface area contributed by atoms with Crippen molar-refractivity contribution in [2.24, 2.45) is 0 Å². The van der Waals surface area contributed by atoms with Gasteiger partial charge in [0.25, 0.3) is 11.6 Å². The molecule has 0 aliphatic rings. The van der Waals surface area contributed by atoms with Gasteiger partial charge in [0, 0.05) is 12.1 Å². The average molecular weight is 597 g/mol. The first kappa shape index (κ1) is 26.7. The summed E-state index contributed by atoms with van der Waals surface area (Å²) in [6.45, 7) is 4.27. The first-order valence-electron chi connectivity index (χ1n) is 11.1. The average Bonchev–Trinajstić information content (AvgIpc) is 2.87. The number of ether oxygens (including phenoxy) is 2. The lowest BCUT2D eigenvalue weighted by Crippen LogP contribution is -2.27. The lowest BCUT2D eigenvalue weighted by Gasteiger charge is -2.15. The Balaban J connectivity index is 1.80. The molecule has 0 saturated carbocycles. The number of carbonyl (C=O) groups is 1. The number of hydrogen-bond acceptors (Lipinski definition) is 6. The lowest BCUT2D eigenvalue weighted by molar-refractivity contribution is -0.384. The van der Waals surface area contributed by atoms with E-state index in [2.05, 4.69) is 27.9 Å². The van der Waals surface area contributed by atoms with E-state index in [9.17, 15) is 20.2 Å². The zero-order chi connectivity index (χ0) is 26.1. The molecule has 0 unspecified atom stereocenters. The summed E-state index contributed by atoms with van der Waals surface area (Å²) in [6, 6.07) is 20.8. The Kier molecular flexibility index (Phi) is 9.41. The standard InChI is InChI=1S/C27H24IN3O5/c1-3-35-25-15-20(13-22(16-29)27(32)30-18(2)21-7-5-4-6-8-21)14-24(28)26(25)36-17-19-9-11-23(12-10-19)31(33)34/h4-15,18H,3,17H2,1-2H3,(H,30,32)/b22-13-/t18-/m0/s1. The van der Waals surface area contributed by atoms with Crippen LogP contribution in [0.2, 0.25) is 0 Å². The Bertz CT molecular complexity index is 1300. The second-order valence-electron chi connectivity index (χ2n) is 7.75. The van der Waals surface area contributed by atoms with Gasteiger partial charge < -0.3 is 14.8 Å². The molecule has 0 bridgehead atoms. The van der Waals surface area contributed by atoms with Crippen molar-refractivity contribution in [1.82, 2.24) is 5.32 Å². The molecule has 1 atom stereocenters. The highest BCUT2D eigenvalue weighted by molar-refractivity contribution is 14.1. The molecule has 0 heterocycles. The van der Waals surface area contributed by atoms with Crippen LogP contribution in [0.5, 0.6) is 11.5 Å². The molecule has 184 valence electrons. The summed E-state index contributed by atoms with van der Waals surface area (Å²) < 4.78 is 12.5. The van der Waals surface area contributed by atoms with E-state index in [4.69, 9.17) is 9.47 Å². The van der Waals surface area contributed by atoms with Crippen LogP contribution in [0.1, 0.15) is 36.6 Å². The third kappa shape index (κ3) is 7.05. The molecule has 36 heavy (non-hydrogen) atoms. The predicted octanol–water partition coefficient (Wildman–Crippen LogP) is 5.96. The Morgan fingerprint density at radius 1 is 1.17 bits per heavy atom. The van der Waals surface area contributed by atoms with E-state index in [1.807, 2.05) is 50.2 Å². The maximum absolute atomic E-state index is 12.7. The predicted molar refractivity (Wildman–Crippen MR) is 144 cm³/mol. The highest BCUT2D eigenvalue weighted by Gasteiger charge is 2.16. The second kappa shape index (κ2) is 12.7. The highest BCUT2D eigenvalue weighted by atomic mass is 127. The van der Waals surface area contributed by atoms with Crippen LogP contribution in [-0.4, -0.2) is 17.4 Å². The number of nitrogens with zero attached hydrogens (tertiary/aromatic N) is 2. The third-order valence-corrected chi connectivity index (χ3v) is 5.99. The van der Waals surface area contributed by atoms with Crippen molar-refractivity contribution >= 4 is 40.3 Å². The molecule has 0 aliphatic heterocycles. The van der Waals surface area contributed by atoms with Crippen LogP contribution in [0, 0.1) is 25.0 Å². The van der Waals surface area contributed by atoms with E-state index in [1.165, 1.54) is 18.2 Å². The summed E-state index contributed by atoms with van der Waals surface area (Å²) in [5.41, 5.74) is 2.29. The van der Waals surface area contributed by atoms with Crippen molar-refractivity contribution in [2.45, 2.75) is 26.5 Å². The smallest absolute Gasteiger partial charge is 0.269 e. The van der Waals surface area contributed by atoms with Gasteiger partial charge >= 0.3 is 0 Å². The van der Waals surface area contributed by atoms with Crippen LogP contribution in [0.25, 0.3) is 6.08 Å². The number of halogens is 1. The van der Waals surface area contributed by atoms with Crippen LogP contribution in [0.4, 0.5) is 5.69 Å². The second-order valence-corrected chi connectivity index (χ2v) is 8.91. The van der Waals surface area contributed by atoms with Crippen LogP contribution in [0.15, 0.2) is 72.3 Å². The van der Waals surface area contributed by atoms with Gasteiger partial charge in [0.1, 0.15) is 18.2 Å². The highest BCUT2D eigenvalue weighted by Crippen LogP contribution is 2.35. The van der Waals surface area contributed by atoms with Crippen LogP contribution in [-0.2, 0) is 11.4 Å². The molecule has 0 aromatic heterocycles. The summed E-state index contributed by atoms with van der Waals surface area (Å²) in [7, 11) is 0. The minimum atomic E-state index is -0.472. The van der Waals surface area contributed by atoms with E-state index >= 15 is 0 Å². The van der Waals surface area contributed by atoms with Gasteiger partial charge in [0.15, 0.2) is 11.5 Å². The summed E-state index contributed by atoms with van der Waals surface area (Å²) in [6.07, 6.45) is 1.51. The molecule has 8 nitrogen and oxygen atoms in total. The SMILES string of the molecule is CCOc1cc(/C=C(/C#N)C(=O)N[C@@H](C)c2ccccc2)cc(I)c1OCc1ccc([N+](=O)[O-])cc1. The van der Waals surface area contributed by atoms with Crippen molar-refractivity contribution in [3.63, 3.8) is 0 Å². The fraction of sp³-hybridized carbons (Fsp3) is 0.185. The molecule has 1 N–H and O–H groups in total. The van der Waals surface area contributed by atoms with Gasteiger partial charge in [-0.1, -0.05) is 30.3 Å². The van der Waals surface area contributed by atoms with Crippen LogP contribution in [0.3, 0.4) is 0 Å². The number of nitro groups is 1. The number of non-ortho nitro benzene ring substituents is 1. The Hall–Kier alpha value is -3.91. The van der Waals surface area contributed by atoms with Crippen molar-refractivity contribution < 1.29 is 19.2 Å². The number of benzene rings is 3. The molecule has 3 aromatic rings. The van der Waals surface area contributed by atoms with E-state index in [0.29, 0.717) is 23.7 Å². The Morgan fingerprint density at radius 3 is 2.47 bits per heavy atom. The zero-order valence-corrected chi connectivity index (χ0v) is 21.9. The molecular weight excluding hydrogens is 573 g/mol. The van der Waals surface area contributed by atoms with E-state index in [0.717, 1.165) is 14.7 Å². The molecule has 0 fully saturated rings. The maximum atomic E-state index is 12.7. The number of nitrogens with one attached hydrogen (secondary N) is 1. The van der Waals surface area contributed by atoms with Gasteiger partial charge in [-0.25, -0.2) is 0 Å². The monoisotopic (exact) mass is 597 g/mol. The fourth-order valence-electron chi connectivity index (χ4n) is 3.36. The van der Waals surface area contributed by atoms with Crippen molar-refractivity contribution in [1.29, 1.82) is 5.26 Å². The molecular formula is C27H24IN3O5. The summed E-state index contributed by atoms with van der Waals surface area (Å²) in [4.78, 5) is 23.1. The first-order chi connectivity index (χ1) is 17.3. The third-order valence-electron chi connectivity index (χ3n) is 5.19. The topological polar surface area (TPSA) is 114 Å². The summed E-state index contributed by atoms with van der Waals surface area (Å²) >= 11 is 2.10. The molecule has 3 aromatic carbocycles. The van der Waals surface area contributed by atoms with Gasteiger partial charge in [-0.15, -0.1) is 0 Å². The number of hydrogen-bond donors (Lipinski definition) is 1. The van der Waals surface area contributed by atoms with E-state index < -0.39 is 10.8 Å². The number of nitro benzene ring substituents is 1. The molecule has 0 aliphatic carbocycles.